The van der Waals surface area contributed by atoms with Crippen LogP contribution in [0.3, 0.4) is 0 Å². The summed E-state index contributed by atoms with van der Waals surface area (Å²) < 4.78 is 0. The first-order valence-corrected chi connectivity index (χ1v) is 7.64. The summed E-state index contributed by atoms with van der Waals surface area (Å²) in [4.78, 5) is 24.6. The van der Waals surface area contributed by atoms with Crippen LogP contribution in [0.1, 0.15) is 25.3 Å². The van der Waals surface area contributed by atoms with Crippen LogP contribution >= 0.6 is 0 Å². The predicted molar refractivity (Wildman–Crippen MR) is 86.6 cm³/mol. The molecular formula is C16H24N4O2. The summed E-state index contributed by atoms with van der Waals surface area (Å²) >= 11 is 0. The quantitative estimate of drug-likeness (QED) is 0.786. The zero-order chi connectivity index (χ0) is 16.1. The number of urea groups is 1. The molecule has 0 saturated carbocycles. The van der Waals surface area contributed by atoms with E-state index < -0.39 is 6.03 Å². The number of carbonyl (C=O) groups excluding carboxylic acids is 2. The molecule has 120 valence electrons. The van der Waals surface area contributed by atoms with Gasteiger partial charge in [0.05, 0.1) is 6.04 Å². The van der Waals surface area contributed by atoms with Crippen molar-refractivity contribution in [2.24, 2.45) is 5.73 Å². The van der Waals surface area contributed by atoms with Gasteiger partial charge >= 0.3 is 6.03 Å². The van der Waals surface area contributed by atoms with Crippen LogP contribution in [0.15, 0.2) is 24.3 Å². The third kappa shape index (κ3) is 4.21. The zero-order valence-electron chi connectivity index (χ0n) is 13.1. The van der Waals surface area contributed by atoms with E-state index >= 15 is 0 Å². The van der Waals surface area contributed by atoms with Gasteiger partial charge in [0.2, 0.25) is 5.91 Å². The molecular weight excluding hydrogens is 280 g/mol. The molecule has 1 aliphatic heterocycles. The molecule has 1 aliphatic rings. The summed E-state index contributed by atoms with van der Waals surface area (Å²) in [6.45, 7) is 5.52. The average Bonchev–Trinajstić information content (AvgIpc) is 2.49. The molecule has 0 aliphatic carbocycles. The Bertz CT molecular complexity index is 539. The summed E-state index contributed by atoms with van der Waals surface area (Å²) in [7, 11) is 0. The number of aryl methyl sites for hydroxylation is 1. The van der Waals surface area contributed by atoms with Crippen LogP contribution in [0.25, 0.3) is 0 Å². The van der Waals surface area contributed by atoms with Crippen molar-refractivity contribution in [1.29, 1.82) is 0 Å². The van der Waals surface area contributed by atoms with Gasteiger partial charge in [0.25, 0.3) is 0 Å². The van der Waals surface area contributed by atoms with E-state index in [0.29, 0.717) is 6.04 Å². The monoisotopic (exact) mass is 304 g/mol. The summed E-state index contributed by atoms with van der Waals surface area (Å²) in [6, 6.07) is 7.50. The van der Waals surface area contributed by atoms with Crippen molar-refractivity contribution in [3.8, 4) is 0 Å². The Kier molecular flexibility index (Phi) is 5.38. The fraction of sp³-hybridized carbons (Fsp3) is 0.500. The highest BCUT2D eigenvalue weighted by Gasteiger charge is 2.27. The van der Waals surface area contributed by atoms with Gasteiger partial charge in [-0.3, -0.25) is 15.0 Å². The molecule has 2 rings (SSSR count). The van der Waals surface area contributed by atoms with Crippen LogP contribution in [0.5, 0.6) is 0 Å². The van der Waals surface area contributed by atoms with Crippen LogP contribution in [0.2, 0.25) is 0 Å². The summed E-state index contributed by atoms with van der Waals surface area (Å²) in [5, 5.41) is 5.71. The van der Waals surface area contributed by atoms with E-state index in [2.05, 4.69) is 34.6 Å². The first-order chi connectivity index (χ1) is 10.5. The molecule has 22 heavy (non-hydrogen) atoms. The highest BCUT2D eigenvalue weighted by atomic mass is 16.2. The summed E-state index contributed by atoms with van der Waals surface area (Å²) in [6.07, 6.45) is 1.92. The molecule has 6 heteroatoms. The van der Waals surface area contributed by atoms with Crippen LogP contribution in [-0.2, 0) is 4.79 Å². The lowest BCUT2D eigenvalue weighted by Gasteiger charge is -2.36. The number of imide groups is 1. The van der Waals surface area contributed by atoms with Gasteiger partial charge in [-0.2, -0.15) is 0 Å². The van der Waals surface area contributed by atoms with Crippen LogP contribution in [-0.4, -0.2) is 42.0 Å². The van der Waals surface area contributed by atoms with E-state index in [1.54, 1.807) is 6.92 Å². The molecule has 0 spiro atoms. The second kappa shape index (κ2) is 7.26. The van der Waals surface area contributed by atoms with E-state index in [-0.39, 0.29) is 11.9 Å². The van der Waals surface area contributed by atoms with Gasteiger partial charge in [-0.05, 0) is 38.3 Å². The largest absolute Gasteiger partial charge is 0.382 e. The Morgan fingerprint density at radius 3 is 2.50 bits per heavy atom. The molecule has 1 atom stereocenters. The number of likely N-dealkylation sites (tertiary alicyclic amines) is 1. The molecule has 0 bridgehead atoms. The fourth-order valence-electron chi connectivity index (χ4n) is 2.78. The maximum Gasteiger partial charge on any atom is 0.318 e. The van der Waals surface area contributed by atoms with Gasteiger partial charge in [0.1, 0.15) is 0 Å². The van der Waals surface area contributed by atoms with Crippen molar-refractivity contribution in [2.45, 2.75) is 38.8 Å². The molecule has 1 unspecified atom stereocenters. The molecule has 1 aromatic rings. The van der Waals surface area contributed by atoms with Crippen molar-refractivity contribution in [3.63, 3.8) is 0 Å². The first kappa shape index (κ1) is 16.3. The van der Waals surface area contributed by atoms with E-state index in [1.807, 2.05) is 12.1 Å². The molecule has 0 radical (unpaired) electrons. The van der Waals surface area contributed by atoms with Gasteiger partial charge in [-0.1, -0.05) is 18.2 Å². The van der Waals surface area contributed by atoms with E-state index in [1.165, 1.54) is 11.3 Å². The molecule has 1 fully saturated rings. The standard InChI is InChI=1S/C16H24N4O2/c1-11-5-3-4-6-14(11)18-13-7-9-20(10-8-13)12(2)15(21)19-16(17)22/h3-6,12-13,18H,7-10H2,1-2H3,(H3,17,19,21,22). The number of rotatable bonds is 4. The number of carbonyl (C=O) groups is 2. The maximum absolute atomic E-state index is 11.8. The van der Waals surface area contributed by atoms with Crippen LogP contribution in [0, 0.1) is 6.92 Å². The smallest absolute Gasteiger partial charge is 0.318 e. The van der Waals surface area contributed by atoms with E-state index in [0.717, 1.165) is 25.9 Å². The Morgan fingerprint density at radius 1 is 1.27 bits per heavy atom. The van der Waals surface area contributed by atoms with E-state index in [9.17, 15) is 9.59 Å². The normalized spacial score (nSPS) is 17.7. The first-order valence-electron chi connectivity index (χ1n) is 7.64. The number of amides is 3. The Morgan fingerprint density at radius 2 is 1.91 bits per heavy atom. The Hall–Kier alpha value is -2.08. The Balaban J connectivity index is 1.84. The number of benzene rings is 1. The minimum Gasteiger partial charge on any atom is -0.382 e. The SMILES string of the molecule is Cc1ccccc1NC1CCN(C(C)C(=O)NC(N)=O)CC1. The topological polar surface area (TPSA) is 87.5 Å². The molecule has 3 amide bonds. The van der Waals surface area contributed by atoms with Gasteiger partial charge in [-0.15, -0.1) is 0 Å². The molecule has 1 saturated heterocycles. The number of hydrogen-bond donors (Lipinski definition) is 3. The molecule has 0 aromatic heterocycles. The molecule has 1 heterocycles. The third-order valence-electron chi connectivity index (χ3n) is 4.21. The second-order valence-electron chi connectivity index (χ2n) is 5.80. The van der Waals surface area contributed by atoms with Crippen LogP contribution in [0.4, 0.5) is 10.5 Å². The molecule has 1 aromatic carbocycles. The van der Waals surface area contributed by atoms with Crippen molar-refractivity contribution in [3.05, 3.63) is 29.8 Å². The number of nitrogens with one attached hydrogen (secondary N) is 2. The highest BCUT2D eigenvalue weighted by Crippen LogP contribution is 2.20. The number of nitrogens with zero attached hydrogens (tertiary/aromatic N) is 1. The van der Waals surface area contributed by atoms with Crippen molar-refractivity contribution >= 4 is 17.6 Å². The van der Waals surface area contributed by atoms with Gasteiger partial charge in [-0.25, -0.2) is 4.79 Å². The van der Waals surface area contributed by atoms with Gasteiger partial charge in [0, 0.05) is 24.8 Å². The summed E-state index contributed by atoms with van der Waals surface area (Å²) in [5.74, 6) is -0.335. The summed E-state index contributed by atoms with van der Waals surface area (Å²) in [5.41, 5.74) is 7.39. The van der Waals surface area contributed by atoms with Gasteiger partial charge in [0.15, 0.2) is 0 Å². The van der Waals surface area contributed by atoms with E-state index in [4.69, 9.17) is 5.73 Å². The number of anilines is 1. The van der Waals surface area contributed by atoms with Gasteiger partial charge < -0.3 is 11.1 Å². The Labute approximate surface area is 131 Å². The highest BCUT2D eigenvalue weighted by molar-refractivity contribution is 5.96. The van der Waals surface area contributed by atoms with Crippen LogP contribution < -0.4 is 16.4 Å². The van der Waals surface area contributed by atoms with Crippen molar-refractivity contribution in [2.75, 3.05) is 18.4 Å². The second-order valence-corrected chi connectivity index (χ2v) is 5.80. The number of hydrogen-bond acceptors (Lipinski definition) is 4. The third-order valence-corrected chi connectivity index (χ3v) is 4.21. The lowest BCUT2D eigenvalue weighted by atomic mass is 10.0. The lowest BCUT2D eigenvalue weighted by Crippen LogP contribution is -2.51. The van der Waals surface area contributed by atoms with Crippen molar-refractivity contribution in [1.82, 2.24) is 10.2 Å². The average molecular weight is 304 g/mol. The zero-order valence-corrected chi connectivity index (χ0v) is 13.1. The lowest BCUT2D eigenvalue weighted by molar-refractivity contribution is -0.125. The number of para-hydroxylation sites is 1. The predicted octanol–water partition coefficient (Wildman–Crippen LogP) is 1.45. The maximum atomic E-state index is 11.8. The number of piperidine rings is 1. The molecule has 4 N–H and O–H groups in total. The fourth-order valence-corrected chi connectivity index (χ4v) is 2.78. The molecule has 6 nitrogen and oxygen atoms in total. The number of primary amides is 1. The number of nitrogens with two attached hydrogens (primary N) is 1. The minimum absolute atomic E-state index is 0.335. The van der Waals surface area contributed by atoms with Crippen molar-refractivity contribution < 1.29 is 9.59 Å². The minimum atomic E-state index is -0.798.